The van der Waals surface area contributed by atoms with E-state index in [1.54, 1.807) is 23.5 Å². The van der Waals surface area contributed by atoms with E-state index in [1.165, 1.54) is 0 Å². The summed E-state index contributed by atoms with van der Waals surface area (Å²) in [5, 5.41) is 5.28. The van der Waals surface area contributed by atoms with Crippen molar-refractivity contribution >= 4 is 27.3 Å². The summed E-state index contributed by atoms with van der Waals surface area (Å²) in [6.07, 6.45) is 1.58. The lowest BCUT2D eigenvalue weighted by Gasteiger charge is -2.19. The molecule has 0 radical (unpaired) electrons. The average Bonchev–Trinajstić information content (AvgIpc) is 2.83. The largest absolute Gasteiger partial charge is 0.310 e. The van der Waals surface area contributed by atoms with Gasteiger partial charge in [0.1, 0.15) is 0 Å². The van der Waals surface area contributed by atoms with Crippen LogP contribution in [0.3, 0.4) is 0 Å². The Morgan fingerprint density at radius 2 is 2.10 bits per heavy atom. The molecule has 0 saturated carbocycles. The molecule has 1 aromatic carbocycles. The highest BCUT2D eigenvalue weighted by Gasteiger charge is 2.19. The van der Waals surface area contributed by atoms with Gasteiger partial charge >= 0.3 is 0 Å². The lowest BCUT2D eigenvalue weighted by atomic mass is 10.0. The Balaban J connectivity index is 2.27. The number of benzene rings is 1. The second-order valence-electron chi connectivity index (χ2n) is 4.55. The van der Waals surface area contributed by atoms with E-state index in [1.807, 2.05) is 18.4 Å². The van der Waals surface area contributed by atoms with Gasteiger partial charge in [-0.3, -0.25) is 0 Å². The maximum Gasteiger partial charge on any atom is 0.163 e. The van der Waals surface area contributed by atoms with Crippen molar-refractivity contribution in [3.05, 3.63) is 56.2 Å². The average molecular weight is 360 g/mol. The topological polar surface area (TPSA) is 12.0 Å². The fraction of sp³-hybridized carbons (Fsp3) is 0.333. The van der Waals surface area contributed by atoms with Gasteiger partial charge in [-0.05, 0) is 46.4 Å². The van der Waals surface area contributed by atoms with Crippen LogP contribution in [0.15, 0.2) is 34.1 Å². The van der Waals surface area contributed by atoms with Gasteiger partial charge < -0.3 is 5.32 Å². The second-order valence-corrected chi connectivity index (χ2v) is 6.40. The minimum Gasteiger partial charge on any atom is -0.310 e. The number of rotatable bonds is 6. The molecule has 1 atom stereocenters. The fourth-order valence-electron chi connectivity index (χ4n) is 2.06. The molecule has 0 aliphatic heterocycles. The third-order valence-corrected chi connectivity index (χ3v) is 5.03. The molecule has 1 unspecified atom stereocenters. The third kappa shape index (κ3) is 3.65. The minimum absolute atomic E-state index is 0.222. The summed E-state index contributed by atoms with van der Waals surface area (Å²) in [6.45, 7) is 2.82. The lowest BCUT2D eigenvalue weighted by molar-refractivity contribution is 0.460. The summed E-state index contributed by atoms with van der Waals surface area (Å²) < 4.78 is 28.4. The van der Waals surface area contributed by atoms with Crippen molar-refractivity contribution in [1.82, 2.24) is 5.32 Å². The SMILES string of the molecule is CCCNC(Cc1sccc1Br)c1cccc(F)c1F. The summed E-state index contributed by atoms with van der Waals surface area (Å²) >= 11 is 5.10. The van der Waals surface area contributed by atoms with E-state index in [0.29, 0.717) is 12.0 Å². The van der Waals surface area contributed by atoms with Crippen LogP contribution in [0.4, 0.5) is 8.78 Å². The molecule has 0 spiro atoms. The molecule has 1 heterocycles. The zero-order valence-electron chi connectivity index (χ0n) is 11.1. The Kier molecular flexibility index (Phi) is 5.69. The number of hydrogen-bond donors (Lipinski definition) is 1. The summed E-state index contributed by atoms with van der Waals surface area (Å²) in [7, 11) is 0. The molecule has 0 aliphatic rings. The summed E-state index contributed by atoms with van der Waals surface area (Å²) in [6, 6.07) is 6.10. The molecule has 1 aromatic heterocycles. The molecule has 1 nitrogen and oxygen atoms in total. The molecule has 1 N–H and O–H groups in total. The monoisotopic (exact) mass is 359 g/mol. The van der Waals surface area contributed by atoms with E-state index in [0.717, 1.165) is 28.4 Å². The third-order valence-electron chi connectivity index (χ3n) is 3.08. The number of nitrogens with one attached hydrogen (secondary N) is 1. The van der Waals surface area contributed by atoms with Crippen LogP contribution in [0.25, 0.3) is 0 Å². The van der Waals surface area contributed by atoms with E-state index < -0.39 is 11.6 Å². The normalized spacial score (nSPS) is 12.6. The number of halogens is 3. The molecule has 20 heavy (non-hydrogen) atoms. The molecule has 0 saturated heterocycles. The maximum atomic E-state index is 14.0. The highest BCUT2D eigenvalue weighted by Crippen LogP contribution is 2.29. The van der Waals surface area contributed by atoms with Gasteiger partial charge in [0, 0.05) is 27.4 Å². The highest BCUT2D eigenvalue weighted by molar-refractivity contribution is 9.10. The van der Waals surface area contributed by atoms with Crippen molar-refractivity contribution in [2.45, 2.75) is 25.8 Å². The van der Waals surface area contributed by atoms with Crippen LogP contribution in [-0.4, -0.2) is 6.54 Å². The molecular formula is C15H16BrF2NS. The van der Waals surface area contributed by atoms with Crippen molar-refractivity contribution < 1.29 is 8.78 Å². The van der Waals surface area contributed by atoms with Gasteiger partial charge in [-0.15, -0.1) is 11.3 Å². The first-order valence-corrected chi connectivity index (χ1v) is 8.20. The molecule has 5 heteroatoms. The maximum absolute atomic E-state index is 14.0. The molecule has 0 bridgehead atoms. The van der Waals surface area contributed by atoms with E-state index in [9.17, 15) is 8.78 Å². The number of thiophene rings is 1. The molecule has 0 aliphatic carbocycles. The Labute approximate surface area is 130 Å². The molecule has 2 rings (SSSR count). The van der Waals surface area contributed by atoms with Gasteiger partial charge in [0.05, 0.1) is 0 Å². The van der Waals surface area contributed by atoms with E-state index in [4.69, 9.17) is 0 Å². The van der Waals surface area contributed by atoms with Crippen LogP contribution in [0.5, 0.6) is 0 Å². The molecule has 2 aromatic rings. The molecular weight excluding hydrogens is 344 g/mol. The predicted octanol–water partition coefficient (Wildman–Crippen LogP) is 5.07. The minimum atomic E-state index is -0.795. The summed E-state index contributed by atoms with van der Waals surface area (Å²) in [4.78, 5) is 1.13. The molecule has 0 amide bonds. The van der Waals surface area contributed by atoms with Crippen LogP contribution in [-0.2, 0) is 6.42 Å². The Morgan fingerprint density at radius 3 is 2.75 bits per heavy atom. The van der Waals surface area contributed by atoms with Gasteiger partial charge in [0.2, 0.25) is 0 Å². The first-order chi connectivity index (χ1) is 9.63. The van der Waals surface area contributed by atoms with Crippen LogP contribution >= 0.6 is 27.3 Å². The van der Waals surface area contributed by atoms with Crippen LogP contribution in [0, 0.1) is 11.6 Å². The smallest absolute Gasteiger partial charge is 0.163 e. The van der Waals surface area contributed by atoms with E-state index in [2.05, 4.69) is 21.2 Å². The standard InChI is InChI=1S/C15H16BrF2NS/c1-2-7-19-13(9-14-11(16)6-8-20-14)10-4-3-5-12(17)15(10)18/h3-6,8,13,19H,2,7,9H2,1H3. The quantitative estimate of drug-likeness (QED) is 0.758. The summed E-state index contributed by atoms with van der Waals surface area (Å²) in [5.41, 5.74) is 0.388. The zero-order valence-corrected chi connectivity index (χ0v) is 13.5. The van der Waals surface area contributed by atoms with Gasteiger partial charge in [-0.25, -0.2) is 8.78 Å². The Morgan fingerprint density at radius 1 is 1.30 bits per heavy atom. The van der Waals surface area contributed by atoms with Crippen molar-refractivity contribution in [3.8, 4) is 0 Å². The van der Waals surface area contributed by atoms with Crippen LogP contribution in [0.2, 0.25) is 0 Å². The van der Waals surface area contributed by atoms with Crippen LogP contribution in [0.1, 0.15) is 29.8 Å². The van der Waals surface area contributed by atoms with Gasteiger partial charge in [0.25, 0.3) is 0 Å². The van der Waals surface area contributed by atoms with Crippen molar-refractivity contribution in [3.63, 3.8) is 0 Å². The first-order valence-electron chi connectivity index (χ1n) is 6.52. The number of hydrogen-bond acceptors (Lipinski definition) is 2. The van der Waals surface area contributed by atoms with Crippen molar-refractivity contribution in [2.24, 2.45) is 0 Å². The predicted molar refractivity (Wildman–Crippen MR) is 83.1 cm³/mol. The zero-order chi connectivity index (χ0) is 14.5. The molecule has 108 valence electrons. The van der Waals surface area contributed by atoms with Gasteiger partial charge in [-0.2, -0.15) is 0 Å². The fourth-order valence-corrected chi connectivity index (χ4v) is 3.62. The first kappa shape index (κ1) is 15.6. The molecule has 0 fully saturated rings. The lowest BCUT2D eigenvalue weighted by Crippen LogP contribution is -2.25. The summed E-state index contributed by atoms with van der Waals surface area (Å²) in [5.74, 6) is -1.55. The van der Waals surface area contributed by atoms with Crippen molar-refractivity contribution in [2.75, 3.05) is 6.54 Å². The van der Waals surface area contributed by atoms with Gasteiger partial charge in [0.15, 0.2) is 11.6 Å². The van der Waals surface area contributed by atoms with Crippen molar-refractivity contribution in [1.29, 1.82) is 0 Å². The van der Waals surface area contributed by atoms with Crippen LogP contribution < -0.4 is 5.32 Å². The Hall–Kier alpha value is -0.780. The van der Waals surface area contributed by atoms with Gasteiger partial charge in [-0.1, -0.05) is 19.1 Å². The van der Waals surface area contributed by atoms with E-state index >= 15 is 0 Å². The second kappa shape index (κ2) is 7.29. The highest BCUT2D eigenvalue weighted by atomic mass is 79.9. The van der Waals surface area contributed by atoms with E-state index in [-0.39, 0.29) is 6.04 Å². The Bertz CT molecular complexity index is 571.